The van der Waals surface area contributed by atoms with Gasteiger partial charge in [-0.3, -0.25) is 0 Å². The molecule has 0 spiro atoms. The van der Waals surface area contributed by atoms with Crippen molar-refractivity contribution in [2.45, 2.75) is 17.4 Å². The highest BCUT2D eigenvalue weighted by Gasteiger charge is 2.25. The van der Waals surface area contributed by atoms with Gasteiger partial charge in [-0.15, -0.1) is 0 Å². The van der Waals surface area contributed by atoms with Crippen molar-refractivity contribution in [2.24, 2.45) is 0 Å². The SMILES string of the molecule is O=S(=O)(N[C@@H]1CCNC1)c1ccc(Br)cc1F. The van der Waals surface area contributed by atoms with E-state index in [1.165, 1.54) is 12.1 Å². The molecular formula is C10H12BrFN2O2S. The molecule has 1 aromatic carbocycles. The average Bonchev–Trinajstić information content (AvgIpc) is 2.68. The molecule has 1 aliphatic rings. The number of benzene rings is 1. The first-order chi connectivity index (χ1) is 7.99. The topological polar surface area (TPSA) is 58.2 Å². The summed E-state index contributed by atoms with van der Waals surface area (Å²) in [6.45, 7) is 1.35. The Kier molecular flexibility index (Phi) is 3.82. The Morgan fingerprint density at radius 3 is 2.82 bits per heavy atom. The van der Waals surface area contributed by atoms with Crippen molar-refractivity contribution in [2.75, 3.05) is 13.1 Å². The van der Waals surface area contributed by atoms with Crippen molar-refractivity contribution >= 4 is 26.0 Å². The molecular weight excluding hydrogens is 311 g/mol. The molecule has 1 saturated heterocycles. The maximum absolute atomic E-state index is 13.6. The van der Waals surface area contributed by atoms with E-state index in [0.717, 1.165) is 19.0 Å². The molecule has 0 saturated carbocycles. The van der Waals surface area contributed by atoms with Gasteiger partial charge < -0.3 is 5.32 Å². The molecule has 0 aliphatic carbocycles. The van der Waals surface area contributed by atoms with Crippen LogP contribution in [0.4, 0.5) is 4.39 Å². The highest BCUT2D eigenvalue weighted by Crippen LogP contribution is 2.19. The maximum Gasteiger partial charge on any atom is 0.243 e. The highest BCUT2D eigenvalue weighted by atomic mass is 79.9. The minimum atomic E-state index is -3.78. The highest BCUT2D eigenvalue weighted by molar-refractivity contribution is 9.10. The normalized spacial score (nSPS) is 20.7. The van der Waals surface area contributed by atoms with Gasteiger partial charge >= 0.3 is 0 Å². The molecule has 1 aliphatic heterocycles. The predicted octanol–water partition coefficient (Wildman–Crippen LogP) is 1.23. The molecule has 0 bridgehead atoms. The minimum absolute atomic E-state index is 0.164. The van der Waals surface area contributed by atoms with Crippen LogP contribution in [0.15, 0.2) is 27.6 Å². The lowest BCUT2D eigenvalue weighted by Gasteiger charge is -2.12. The van der Waals surface area contributed by atoms with Crippen LogP contribution in [-0.2, 0) is 10.0 Å². The molecule has 1 heterocycles. The molecule has 2 N–H and O–H groups in total. The van der Waals surface area contributed by atoms with Gasteiger partial charge in [-0.1, -0.05) is 15.9 Å². The summed E-state index contributed by atoms with van der Waals surface area (Å²) in [5.41, 5.74) is 0. The fourth-order valence-electron chi connectivity index (χ4n) is 1.73. The number of halogens is 2. The second-order valence-electron chi connectivity index (χ2n) is 3.89. The summed E-state index contributed by atoms with van der Waals surface area (Å²) in [4.78, 5) is -0.312. The molecule has 17 heavy (non-hydrogen) atoms. The van der Waals surface area contributed by atoms with Gasteiger partial charge in [0, 0.05) is 17.1 Å². The molecule has 4 nitrogen and oxygen atoms in total. The second-order valence-corrected chi connectivity index (χ2v) is 6.48. The van der Waals surface area contributed by atoms with E-state index in [1.807, 2.05) is 0 Å². The van der Waals surface area contributed by atoms with Crippen LogP contribution in [0.3, 0.4) is 0 Å². The molecule has 1 atom stereocenters. The van der Waals surface area contributed by atoms with Gasteiger partial charge in [-0.05, 0) is 31.2 Å². The second kappa shape index (κ2) is 5.01. The van der Waals surface area contributed by atoms with E-state index in [-0.39, 0.29) is 10.9 Å². The van der Waals surface area contributed by atoms with E-state index in [2.05, 4.69) is 26.0 Å². The van der Waals surface area contributed by atoms with E-state index in [9.17, 15) is 12.8 Å². The van der Waals surface area contributed by atoms with Crippen molar-refractivity contribution in [3.8, 4) is 0 Å². The van der Waals surface area contributed by atoms with Crippen LogP contribution >= 0.6 is 15.9 Å². The maximum atomic E-state index is 13.6. The van der Waals surface area contributed by atoms with Crippen molar-refractivity contribution < 1.29 is 12.8 Å². The van der Waals surface area contributed by atoms with Gasteiger partial charge in [0.2, 0.25) is 10.0 Å². The fourth-order valence-corrected chi connectivity index (χ4v) is 3.39. The molecule has 7 heteroatoms. The van der Waals surface area contributed by atoms with E-state index in [4.69, 9.17) is 0 Å². The van der Waals surface area contributed by atoms with Crippen LogP contribution in [0, 0.1) is 5.82 Å². The van der Waals surface area contributed by atoms with Crippen LogP contribution in [0.25, 0.3) is 0 Å². The van der Waals surface area contributed by atoms with Gasteiger partial charge in [0.25, 0.3) is 0 Å². The zero-order valence-electron chi connectivity index (χ0n) is 8.91. The summed E-state index contributed by atoms with van der Waals surface area (Å²) in [5.74, 6) is -0.752. The number of sulfonamides is 1. The summed E-state index contributed by atoms with van der Waals surface area (Å²) in [6, 6.07) is 3.74. The summed E-state index contributed by atoms with van der Waals surface area (Å²) in [5, 5.41) is 3.04. The lowest BCUT2D eigenvalue weighted by Crippen LogP contribution is -2.36. The third-order valence-corrected chi connectivity index (χ3v) is 4.61. The Morgan fingerprint density at radius 1 is 1.47 bits per heavy atom. The quantitative estimate of drug-likeness (QED) is 0.880. The van der Waals surface area contributed by atoms with Crippen LogP contribution in [0.5, 0.6) is 0 Å². The van der Waals surface area contributed by atoms with Crippen LogP contribution in [-0.4, -0.2) is 27.5 Å². The molecule has 1 aromatic rings. The minimum Gasteiger partial charge on any atom is -0.315 e. The molecule has 0 radical (unpaired) electrons. The Morgan fingerprint density at radius 2 is 2.24 bits per heavy atom. The standard InChI is InChI=1S/C10H12BrFN2O2S/c11-7-1-2-10(9(12)5-7)17(15,16)14-8-3-4-13-6-8/h1-2,5,8,13-14H,3-4,6H2/t8-/m1/s1. The van der Waals surface area contributed by atoms with Crippen molar-refractivity contribution in [1.29, 1.82) is 0 Å². The summed E-state index contributed by atoms with van der Waals surface area (Å²) >= 11 is 3.09. The van der Waals surface area contributed by atoms with Crippen LogP contribution < -0.4 is 10.0 Å². The monoisotopic (exact) mass is 322 g/mol. The predicted molar refractivity (Wildman–Crippen MR) is 65.7 cm³/mol. The van der Waals surface area contributed by atoms with Crippen molar-refractivity contribution in [3.63, 3.8) is 0 Å². The fraction of sp³-hybridized carbons (Fsp3) is 0.400. The first kappa shape index (κ1) is 12.9. The smallest absolute Gasteiger partial charge is 0.243 e. The number of hydrogen-bond acceptors (Lipinski definition) is 3. The molecule has 0 aromatic heterocycles. The van der Waals surface area contributed by atoms with Crippen LogP contribution in [0.1, 0.15) is 6.42 Å². The molecule has 0 unspecified atom stereocenters. The van der Waals surface area contributed by atoms with E-state index >= 15 is 0 Å². The summed E-state index contributed by atoms with van der Waals surface area (Å²) < 4.78 is 40.4. The lowest BCUT2D eigenvalue weighted by molar-refractivity contribution is 0.542. The lowest BCUT2D eigenvalue weighted by atomic mass is 10.3. The first-order valence-corrected chi connectivity index (χ1v) is 7.45. The number of hydrogen-bond donors (Lipinski definition) is 2. The number of nitrogens with one attached hydrogen (secondary N) is 2. The first-order valence-electron chi connectivity index (χ1n) is 5.17. The Hall–Kier alpha value is -0.500. The summed E-state index contributed by atoms with van der Waals surface area (Å²) in [7, 11) is -3.78. The zero-order valence-corrected chi connectivity index (χ0v) is 11.3. The van der Waals surface area contributed by atoms with Gasteiger partial charge in [-0.25, -0.2) is 17.5 Å². The Bertz CT molecular complexity index is 515. The molecule has 0 amide bonds. The van der Waals surface area contributed by atoms with Gasteiger partial charge in [0.05, 0.1) is 0 Å². The third kappa shape index (κ3) is 3.04. The largest absolute Gasteiger partial charge is 0.315 e. The van der Waals surface area contributed by atoms with E-state index in [1.54, 1.807) is 0 Å². The van der Waals surface area contributed by atoms with Crippen molar-refractivity contribution in [3.05, 3.63) is 28.5 Å². The Balaban J connectivity index is 2.24. The molecule has 94 valence electrons. The number of rotatable bonds is 3. The van der Waals surface area contributed by atoms with Gasteiger partial charge in [0.1, 0.15) is 10.7 Å². The van der Waals surface area contributed by atoms with Crippen LogP contribution in [0.2, 0.25) is 0 Å². The van der Waals surface area contributed by atoms with E-state index < -0.39 is 15.8 Å². The zero-order chi connectivity index (χ0) is 12.5. The third-order valence-electron chi connectivity index (χ3n) is 2.57. The van der Waals surface area contributed by atoms with E-state index in [0.29, 0.717) is 11.0 Å². The molecule has 2 rings (SSSR count). The average molecular weight is 323 g/mol. The molecule has 1 fully saturated rings. The summed E-state index contributed by atoms with van der Waals surface area (Å²) in [6.07, 6.45) is 0.720. The van der Waals surface area contributed by atoms with Gasteiger partial charge in [-0.2, -0.15) is 0 Å². The van der Waals surface area contributed by atoms with Gasteiger partial charge in [0.15, 0.2) is 0 Å². The Labute approximate surface area is 108 Å². The van der Waals surface area contributed by atoms with Crippen molar-refractivity contribution in [1.82, 2.24) is 10.0 Å².